The highest BCUT2D eigenvalue weighted by molar-refractivity contribution is 8.00. The highest BCUT2D eigenvalue weighted by Crippen LogP contribution is 2.27. The van der Waals surface area contributed by atoms with Crippen LogP contribution >= 0.6 is 11.8 Å². The molecule has 1 amide bonds. The van der Waals surface area contributed by atoms with Crippen LogP contribution in [0, 0.1) is 6.92 Å². The highest BCUT2D eigenvalue weighted by atomic mass is 32.2. The molecule has 2 heterocycles. The summed E-state index contributed by atoms with van der Waals surface area (Å²) in [5, 5.41) is 8.51. The van der Waals surface area contributed by atoms with Gasteiger partial charge in [0, 0.05) is 17.9 Å². The Morgan fingerprint density at radius 2 is 1.86 bits per heavy atom. The first-order valence-corrected chi connectivity index (χ1v) is 9.94. The van der Waals surface area contributed by atoms with Gasteiger partial charge in [0.2, 0.25) is 5.91 Å². The number of amides is 1. The van der Waals surface area contributed by atoms with Crippen molar-refractivity contribution >= 4 is 34.4 Å². The fourth-order valence-corrected chi connectivity index (χ4v) is 3.77. The molecule has 140 valence electrons. The van der Waals surface area contributed by atoms with Crippen LogP contribution in [-0.2, 0) is 11.2 Å². The van der Waals surface area contributed by atoms with E-state index in [4.69, 9.17) is 9.51 Å². The molecule has 0 aliphatic rings. The molecular formula is C22H19N3O2S. The first-order chi connectivity index (χ1) is 13.7. The largest absolute Gasteiger partial charge is 0.360 e. The van der Waals surface area contributed by atoms with Crippen molar-refractivity contribution < 1.29 is 9.32 Å². The Morgan fingerprint density at radius 1 is 1.07 bits per heavy atom. The molecule has 4 aromatic rings. The van der Waals surface area contributed by atoms with Gasteiger partial charge in [0.15, 0.2) is 5.82 Å². The molecular weight excluding hydrogens is 370 g/mol. The van der Waals surface area contributed by atoms with Gasteiger partial charge in [-0.05, 0) is 30.2 Å². The quantitative estimate of drug-likeness (QED) is 0.477. The number of hydrogen-bond acceptors (Lipinski definition) is 5. The molecule has 1 N–H and O–H groups in total. The third-order valence-corrected chi connectivity index (χ3v) is 5.27. The van der Waals surface area contributed by atoms with E-state index < -0.39 is 0 Å². The Balaban J connectivity index is 1.55. The first kappa shape index (κ1) is 18.3. The molecule has 28 heavy (non-hydrogen) atoms. The number of anilines is 1. The molecule has 5 nitrogen and oxygen atoms in total. The van der Waals surface area contributed by atoms with Crippen LogP contribution < -0.4 is 5.32 Å². The van der Waals surface area contributed by atoms with E-state index in [1.54, 1.807) is 13.0 Å². The van der Waals surface area contributed by atoms with E-state index in [9.17, 15) is 4.79 Å². The first-order valence-electron chi connectivity index (χ1n) is 8.96. The Bertz CT molecular complexity index is 1110. The van der Waals surface area contributed by atoms with Crippen molar-refractivity contribution in [1.29, 1.82) is 0 Å². The lowest BCUT2D eigenvalue weighted by molar-refractivity contribution is -0.113. The summed E-state index contributed by atoms with van der Waals surface area (Å²) in [5.41, 5.74) is 3.25. The van der Waals surface area contributed by atoms with Crippen molar-refractivity contribution in [2.24, 2.45) is 0 Å². The number of aromatic nitrogens is 2. The molecule has 0 saturated heterocycles. The van der Waals surface area contributed by atoms with Gasteiger partial charge in [-0.15, -0.1) is 0 Å². The second-order valence-corrected chi connectivity index (χ2v) is 7.43. The van der Waals surface area contributed by atoms with Gasteiger partial charge in [0.25, 0.3) is 0 Å². The standard InChI is InChI=1S/C22H19N3O2S/c1-15-11-20(25-27-15)24-21(26)14-28-22-18(12-16-7-3-2-4-8-16)13-17-9-5-6-10-19(17)23-22/h2-11,13H,12,14H2,1H3,(H,24,25,26). The molecule has 0 unspecified atom stereocenters. The van der Waals surface area contributed by atoms with Crippen molar-refractivity contribution in [2.75, 3.05) is 11.1 Å². The number of carbonyl (C=O) groups is 1. The molecule has 0 spiro atoms. The Hall–Kier alpha value is -3.12. The molecule has 0 radical (unpaired) electrons. The normalized spacial score (nSPS) is 10.9. The zero-order valence-electron chi connectivity index (χ0n) is 15.4. The van der Waals surface area contributed by atoms with Gasteiger partial charge in [-0.2, -0.15) is 0 Å². The predicted molar refractivity (Wildman–Crippen MR) is 112 cm³/mol. The lowest BCUT2D eigenvalue weighted by Crippen LogP contribution is -2.14. The lowest BCUT2D eigenvalue weighted by atomic mass is 10.0. The number of benzene rings is 2. The number of aryl methyl sites for hydroxylation is 1. The van der Waals surface area contributed by atoms with Crippen LogP contribution in [0.25, 0.3) is 10.9 Å². The molecule has 0 fully saturated rings. The van der Waals surface area contributed by atoms with Gasteiger partial charge in [-0.3, -0.25) is 4.79 Å². The molecule has 0 bridgehead atoms. The maximum atomic E-state index is 12.3. The number of hydrogen-bond donors (Lipinski definition) is 1. The molecule has 2 aromatic heterocycles. The van der Waals surface area contributed by atoms with Crippen LogP contribution in [0.5, 0.6) is 0 Å². The maximum Gasteiger partial charge on any atom is 0.236 e. The molecule has 0 aliphatic carbocycles. The topological polar surface area (TPSA) is 68.0 Å². The van der Waals surface area contributed by atoms with Crippen molar-refractivity contribution in [2.45, 2.75) is 18.4 Å². The molecule has 2 aromatic carbocycles. The SMILES string of the molecule is Cc1cc(NC(=O)CSc2nc3ccccc3cc2Cc2ccccc2)no1. The van der Waals surface area contributed by atoms with Crippen molar-refractivity contribution in [3.05, 3.63) is 83.6 Å². The van der Waals surface area contributed by atoms with Gasteiger partial charge in [0.1, 0.15) is 10.8 Å². The zero-order valence-corrected chi connectivity index (χ0v) is 16.2. The Labute approximate surface area is 167 Å². The van der Waals surface area contributed by atoms with Gasteiger partial charge < -0.3 is 9.84 Å². The number of nitrogens with zero attached hydrogens (tertiary/aromatic N) is 2. The molecule has 6 heteroatoms. The molecule has 0 atom stereocenters. The van der Waals surface area contributed by atoms with Crippen molar-refractivity contribution in [3.63, 3.8) is 0 Å². The van der Waals surface area contributed by atoms with E-state index in [2.05, 4.69) is 34.7 Å². The van der Waals surface area contributed by atoms with Crippen LogP contribution in [0.2, 0.25) is 0 Å². The van der Waals surface area contributed by atoms with E-state index in [-0.39, 0.29) is 11.7 Å². The molecule has 0 saturated carbocycles. The smallest absolute Gasteiger partial charge is 0.236 e. The lowest BCUT2D eigenvalue weighted by Gasteiger charge is -2.11. The van der Waals surface area contributed by atoms with Crippen LogP contribution in [0.4, 0.5) is 5.82 Å². The van der Waals surface area contributed by atoms with Gasteiger partial charge in [-0.1, -0.05) is 65.4 Å². The zero-order chi connectivity index (χ0) is 19.3. The third kappa shape index (κ3) is 4.40. The van der Waals surface area contributed by atoms with Crippen LogP contribution in [0.15, 0.2) is 76.3 Å². The van der Waals surface area contributed by atoms with Crippen molar-refractivity contribution in [1.82, 2.24) is 10.1 Å². The van der Waals surface area contributed by atoms with Crippen LogP contribution in [0.1, 0.15) is 16.9 Å². The summed E-state index contributed by atoms with van der Waals surface area (Å²) in [4.78, 5) is 17.1. The minimum absolute atomic E-state index is 0.140. The van der Waals surface area contributed by atoms with E-state index in [0.29, 0.717) is 11.6 Å². The summed E-state index contributed by atoms with van der Waals surface area (Å²) >= 11 is 1.43. The fraction of sp³-hybridized carbons (Fsp3) is 0.136. The average Bonchev–Trinajstić information content (AvgIpc) is 3.11. The highest BCUT2D eigenvalue weighted by Gasteiger charge is 2.12. The second kappa shape index (κ2) is 8.27. The fourth-order valence-electron chi connectivity index (χ4n) is 2.95. The summed E-state index contributed by atoms with van der Waals surface area (Å²) in [6, 6.07) is 22.2. The number of rotatable bonds is 6. The minimum atomic E-state index is -0.140. The summed E-state index contributed by atoms with van der Waals surface area (Å²) in [5.74, 6) is 1.20. The van der Waals surface area contributed by atoms with E-state index in [1.807, 2.05) is 36.4 Å². The third-order valence-electron chi connectivity index (χ3n) is 4.24. The predicted octanol–water partition coefficient (Wildman–Crippen LogP) is 4.85. The van der Waals surface area contributed by atoms with Crippen LogP contribution in [0.3, 0.4) is 0 Å². The molecule has 0 aliphatic heterocycles. The summed E-state index contributed by atoms with van der Waals surface area (Å²) in [6.07, 6.45) is 0.769. The van der Waals surface area contributed by atoms with Gasteiger partial charge in [0.05, 0.1) is 11.3 Å². The van der Waals surface area contributed by atoms with Gasteiger partial charge >= 0.3 is 0 Å². The summed E-state index contributed by atoms with van der Waals surface area (Å²) in [6.45, 7) is 1.78. The second-order valence-electron chi connectivity index (χ2n) is 6.47. The van der Waals surface area contributed by atoms with E-state index in [1.165, 1.54) is 17.3 Å². The van der Waals surface area contributed by atoms with E-state index >= 15 is 0 Å². The maximum absolute atomic E-state index is 12.3. The average molecular weight is 389 g/mol. The van der Waals surface area contributed by atoms with Crippen molar-refractivity contribution in [3.8, 4) is 0 Å². The minimum Gasteiger partial charge on any atom is -0.360 e. The Kier molecular flexibility index (Phi) is 5.39. The number of pyridine rings is 1. The van der Waals surface area contributed by atoms with Crippen LogP contribution in [-0.4, -0.2) is 21.8 Å². The number of para-hydroxylation sites is 1. The number of nitrogens with one attached hydrogen (secondary N) is 1. The Morgan fingerprint density at radius 3 is 2.64 bits per heavy atom. The monoisotopic (exact) mass is 389 g/mol. The summed E-state index contributed by atoms with van der Waals surface area (Å²) in [7, 11) is 0. The van der Waals surface area contributed by atoms with Gasteiger partial charge in [-0.25, -0.2) is 4.98 Å². The number of thioether (sulfide) groups is 1. The van der Waals surface area contributed by atoms with E-state index in [0.717, 1.165) is 27.9 Å². The number of carbonyl (C=O) groups excluding carboxylic acids is 1. The molecule has 4 rings (SSSR count). The number of fused-ring (bicyclic) bond motifs is 1. The summed E-state index contributed by atoms with van der Waals surface area (Å²) < 4.78 is 4.98.